The highest BCUT2D eigenvalue weighted by atomic mass is 16.4. The molecule has 1 aliphatic rings. The van der Waals surface area contributed by atoms with Gasteiger partial charge in [0.05, 0.1) is 5.52 Å². The van der Waals surface area contributed by atoms with E-state index in [-0.39, 0.29) is 5.76 Å². The Bertz CT molecular complexity index is 591. The van der Waals surface area contributed by atoms with E-state index in [4.69, 9.17) is 4.42 Å². The summed E-state index contributed by atoms with van der Waals surface area (Å²) in [6, 6.07) is 6.71. The molecule has 1 aliphatic carbocycles. The zero-order chi connectivity index (χ0) is 12.5. The van der Waals surface area contributed by atoms with Gasteiger partial charge < -0.3 is 9.73 Å². The molecule has 0 unspecified atom stereocenters. The van der Waals surface area contributed by atoms with Crippen molar-refractivity contribution in [2.45, 2.75) is 37.6 Å². The van der Waals surface area contributed by atoms with Crippen molar-refractivity contribution in [1.82, 2.24) is 10.3 Å². The lowest BCUT2D eigenvalue weighted by Gasteiger charge is -2.28. The van der Waals surface area contributed by atoms with Crippen molar-refractivity contribution in [1.29, 1.82) is 0 Å². The Morgan fingerprint density at radius 3 is 2.78 bits per heavy atom. The first kappa shape index (κ1) is 11.5. The van der Waals surface area contributed by atoms with Gasteiger partial charge in [-0.15, -0.1) is 0 Å². The van der Waals surface area contributed by atoms with Gasteiger partial charge in [0, 0.05) is 6.04 Å². The minimum atomic E-state index is -0.374. The fraction of sp³-hybridized carbons (Fsp3) is 0.500. The van der Waals surface area contributed by atoms with Crippen molar-refractivity contribution in [3.8, 4) is 0 Å². The van der Waals surface area contributed by atoms with E-state index < -0.39 is 0 Å². The predicted octanol–water partition coefficient (Wildman–Crippen LogP) is 2.37. The third-order valence-electron chi connectivity index (χ3n) is 4.05. The molecule has 0 bridgehead atoms. The Morgan fingerprint density at radius 1 is 1.28 bits per heavy atom. The Balaban J connectivity index is 1.84. The summed E-state index contributed by atoms with van der Waals surface area (Å²) in [6.07, 6.45) is 4.86. The molecule has 1 aromatic heterocycles. The van der Waals surface area contributed by atoms with Crippen LogP contribution in [0.3, 0.4) is 0 Å². The van der Waals surface area contributed by atoms with Crippen LogP contribution in [0.4, 0.5) is 0 Å². The van der Waals surface area contributed by atoms with E-state index in [0.29, 0.717) is 17.5 Å². The highest BCUT2D eigenvalue weighted by Crippen LogP contribution is 2.33. The van der Waals surface area contributed by atoms with Crippen molar-refractivity contribution in [3.05, 3.63) is 34.3 Å². The zero-order valence-corrected chi connectivity index (χ0v) is 10.5. The van der Waals surface area contributed by atoms with Gasteiger partial charge in [0.1, 0.15) is 0 Å². The third-order valence-corrected chi connectivity index (χ3v) is 4.05. The minimum absolute atomic E-state index is 0.374. The number of fused-ring (bicyclic) bond motifs is 1. The van der Waals surface area contributed by atoms with Gasteiger partial charge >= 0.3 is 5.76 Å². The molecule has 0 saturated heterocycles. The quantitative estimate of drug-likeness (QED) is 0.855. The maximum atomic E-state index is 11.1. The van der Waals surface area contributed by atoms with E-state index in [1.54, 1.807) is 0 Å². The number of hydrogen-bond donors (Lipinski definition) is 2. The summed E-state index contributed by atoms with van der Waals surface area (Å²) in [6.45, 7) is 0. The molecule has 3 rings (SSSR count). The van der Waals surface area contributed by atoms with Crippen molar-refractivity contribution in [2.24, 2.45) is 0 Å². The summed E-state index contributed by atoms with van der Waals surface area (Å²) in [7, 11) is 2.03. The van der Waals surface area contributed by atoms with Gasteiger partial charge in [0.15, 0.2) is 5.58 Å². The van der Waals surface area contributed by atoms with Crippen molar-refractivity contribution >= 4 is 11.1 Å². The predicted molar refractivity (Wildman–Crippen MR) is 70.9 cm³/mol. The van der Waals surface area contributed by atoms with E-state index in [1.807, 2.05) is 13.1 Å². The number of aromatic nitrogens is 1. The summed E-state index contributed by atoms with van der Waals surface area (Å²) in [5, 5.41) is 3.35. The van der Waals surface area contributed by atoms with Gasteiger partial charge in [-0.3, -0.25) is 4.98 Å². The van der Waals surface area contributed by atoms with Crippen LogP contribution in [-0.2, 0) is 0 Å². The zero-order valence-electron chi connectivity index (χ0n) is 10.5. The van der Waals surface area contributed by atoms with Crippen LogP contribution in [0.1, 0.15) is 37.2 Å². The summed E-state index contributed by atoms with van der Waals surface area (Å²) < 4.78 is 5.02. The normalized spacial score (nSPS) is 24.5. The van der Waals surface area contributed by atoms with Crippen LogP contribution >= 0.6 is 0 Å². The first-order valence-electron chi connectivity index (χ1n) is 6.56. The van der Waals surface area contributed by atoms with Crippen LogP contribution < -0.4 is 11.1 Å². The van der Waals surface area contributed by atoms with Crippen molar-refractivity contribution in [3.63, 3.8) is 0 Å². The summed E-state index contributed by atoms with van der Waals surface area (Å²) >= 11 is 0. The van der Waals surface area contributed by atoms with Gasteiger partial charge in [-0.1, -0.05) is 6.07 Å². The SMILES string of the molecule is CNC1CCC(c2ccc3oc(=O)[nH]c3c2)CC1. The lowest BCUT2D eigenvalue weighted by Crippen LogP contribution is -2.29. The Labute approximate surface area is 105 Å². The molecule has 0 atom stereocenters. The monoisotopic (exact) mass is 246 g/mol. The lowest BCUT2D eigenvalue weighted by atomic mass is 9.82. The molecule has 0 spiro atoms. The molecule has 2 aromatic rings. The minimum Gasteiger partial charge on any atom is -0.408 e. The number of hydrogen-bond acceptors (Lipinski definition) is 3. The van der Waals surface area contributed by atoms with Gasteiger partial charge in [-0.25, -0.2) is 4.79 Å². The standard InChI is InChI=1S/C14H18N2O2/c1-15-11-5-2-9(3-6-11)10-4-7-13-12(8-10)16-14(17)18-13/h4,7-9,11,15H,2-3,5-6H2,1H3,(H,16,17). The molecule has 2 N–H and O–H groups in total. The van der Waals surface area contributed by atoms with Crippen molar-refractivity contribution in [2.75, 3.05) is 7.05 Å². The van der Waals surface area contributed by atoms with E-state index in [9.17, 15) is 4.79 Å². The fourth-order valence-corrected chi connectivity index (χ4v) is 2.94. The molecule has 0 radical (unpaired) electrons. The van der Waals surface area contributed by atoms with Crippen LogP contribution in [0.25, 0.3) is 11.1 Å². The number of benzene rings is 1. The van der Waals surface area contributed by atoms with Gasteiger partial charge in [-0.05, 0) is 56.3 Å². The van der Waals surface area contributed by atoms with Gasteiger partial charge in [0.25, 0.3) is 0 Å². The second kappa shape index (κ2) is 4.61. The lowest BCUT2D eigenvalue weighted by molar-refractivity contribution is 0.359. The van der Waals surface area contributed by atoms with Crippen LogP contribution in [-0.4, -0.2) is 18.1 Å². The van der Waals surface area contributed by atoms with Gasteiger partial charge in [0.2, 0.25) is 0 Å². The third kappa shape index (κ3) is 2.08. The van der Waals surface area contributed by atoms with Crippen LogP contribution in [0, 0.1) is 0 Å². The molecule has 1 fully saturated rings. The van der Waals surface area contributed by atoms with E-state index in [2.05, 4.69) is 22.4 Å². The fourth-order valence-electron chi connectivity index (χ4n) is 2.94. The molecule has 1 heterocycles. The van der Waals surface area contributed by atoms with E-state index in [1.165, 1.54) is 31.2 Å². The van der Waals surface area contributed by atoms with E-state index in [0.717, 1.165) is 5.52 Å². The molecule has 1 saturated carbocycles. The number of oxazole rings is 1. The average molecular weight is 246 g/mol. The van der Waals surface area contributed by atoms with Crippen LogP contribution in [0.2, 0.25) is 0 Å². The van der Waals surface area contributed by atoms with Crippen molar-refractivity contribution < 1.29 is 4.42 Å². The molecule has 0 aliphatic heterocycles. The number of rotatable bonds is 2. The van der Waals surface area contributed by atoms with Crippen LogP contribution in [0.5, 0.6) is 0 Å². The smallest absolute Gasteiger partial charge is 0.408 e. The Hall–Kier alpha value is -1.55. The first-order chi connectivity index (χ1) is 8.76. The number of aromatic amines is 1. The molecule has 1 aromatic carbocycles. The van der Waals surface area contributed by atoms with Gasteiger partial charge in [-0.2, -0.15) is 0 Å². The van der Waals surface area contributed by atoms with Crippen LogP contribution in [0.15, 0.2) is 27.4 Å². The molecule has 4 nitrogen and oxygen atoms in total. The number of nitrogens with one attached hydrogen (secondary N) is 2. The Morgan fingerprint density at radius 2 is 2.06 bits per heavy atom. The average Bonchev–Trinajstić information content (AvgIpc) is 2.78. The molecule has 4 heteroatoms. The topological polar surface area (TPSA) is 58.0 Å². The highest BCUT2D eigenvalue weighted by Gasteiger charge is 2.21. The summed E-state index contributed by atoms with van der Waals surface area (Å²) in [5.74, 6) is 0.235. The molecule has 96 valence electrons. The van der Waals surface area contributed by atoms with E-state index >= 15 is 0 Å². The molecular formula is C14H18N2O2. The second-order valence-electron chi connectivity index (χ2n) is 5.11. The summed E-state index contributed by atoms with van der Waals surface area (Å²) in [5.41, 5.74) is 2.77. The molecular weight excluding hydrogens is 228 g/mol. The molecule has 0 amide bonds. The molecule has 18 heavy (non-hydrogen) atoms. The first-order valence-corrected chi connectivity index (χ1v) is 6.56. The highest BCUT2D eigenvalue weighted by molar-refractivity contribution is 5.72. The second-order valence-corrected chi connectivity index (χ2v) is 5.11. The maximum absolute atomic E-state index is 11.1. The number of H-pyrrole nitrogens is 1. The Kier molecular flexibility index (Phi) is 2.96. The summed E-state index contributed by atoms with van der Waals surface area (Å²) in [4.78, 5) is 13.9. The largest absolute Gasteiger partial charge is 0.417 e. The maximum Gasteiger partial charge on any atom is 0.417 e.